The van der Waals surface area contributed by atoms with Gasteiger partial charge in [0.2, 0.25) is 5.91 Å². The van der Waals surface area contributed by atoms with E-state index in [1.165, 1.54) is 18.9 Å². The van der Waals surface area contributed by atoms with Crippen LogP contribution in [0.2, 0.25) is 0 Å². The molecule has 1 amide bonds. The number of carbonyl (C=O) groups is 2. The summed E-state index contributed by atoms with van der Waals surface area (Å²) in [6.45, 7) is 17.8. The second-order valence-corrected chi connectivity index (χ2v) is 18.1. The Balaban J connectivity index is 2.14. The van der Waals surface area contributed by atoms with E-state index in [4.69, 9.17) is 28.4 Å². The molecule has 18 atom stereocenters. The normalized spacial score (nSPS) is 46.1. The van der Waals surface area contributed by atoms with E-state index >= 15 is 0 Å². The Labute approximate surface area is 340 Å². The molecule has 0 spiro atoms. The first-order chi connectivity index (χ1) is 26.3. The van der Waals surface area contributed by atoms with Crippen molar-refractivity contribution in [3.8, 4) is 0 Å². The van der Waals surface area contributed by atoms with Crippen molar-refractivity contribution in [1.82, 2.24) is 9.80 Å². The third-order valence-electron chi connectivity index (χ3n) is 13.1. The summed E-state index contributed by atoms with van der Waals surface area (Å²) in [4.78, 5) is 28.5. The number of amides is 1. The molecule has 334 valence electrons. The molecule has 3 heterocycles. The molecule has 3 saturated heterocycles. The average molecular weight is 821 g/mol. The Morgan fingerprint density at radius 1 is 0.982 bits per heavy atom. The highest BCUT2D eigenvalue weighted by Gasteiger charge is 2.52. The first kappa shape index (κ1) is 49.8. The van der Waals surface area contributed by atoms with Crippen molar-refractivity contribution < 1.29 is 68.6 Å². The lowest BCUT2D eigenvalue weighted by Crippen LogP contribution is -2.60. The molecular weight excluding hydrogens is 744 g/mol. The zero-order valence-electron chi connectivity index (χ0n) is 36.7. The minimum atomic E-state index is -1.76. The van der Waals surface area contributed by atoms with Gasteiger partial charge in [-0.1, -0.05) is 27.7 Å². The van der Waals surface area contributed by atoms with Gasteiger partial charge in [0.1, 0.15) is 23.9 Å². The van der Waals surface area contributed by atoms with Gasteiger partial charge in [0, 0.05) is 50.8 Å². The summed E-state index contributed by atoms with van der Waals surface area (Å²) in [5, 5.41) is 67.9. The van der Waals surface area contributed by atoms with Crippen molar-refractivity contribution in [2.45, 2.75) is 198 Å². The fraction of sp³-hybridized carbons (Fsp3) is 0.951. The summed E-state index contributed by atoms with van der Waals surface area (Å²) in [6.07, 6.45) is -8.19. The second kappa shape index (κ2) is 20.3. The molecule has 3 rings (SSSR count). The highest BCUT2D eigenvalue weighted by Crippen LogP contribution is 2.40. The molecule has 0 aromatic rings. The first-order valence-corrected chi connectivity index (χ1v) is 20.8. The summed E-state index contributed by atoms with van der Waals surface area (Å²) in [5.41, 5.74) is -4.51. The minimum absolute atomic E-state index is 0.0166. The monoisotopic (exact) mass is 821 g/mol. The molecule has 16 nitrogen and oxygen atoms in total. The third-order valence-corrected chi connectivity index (χ3v) is 13.1. The number of hydrogen-bond donors (Lipinski definition) is 6. The van der Waals surface area contributed by atoms with Gasteiger partial charge >= 0.3 is 5.97 Å². The second-order valence-electron chi connectivity index (χ2n) is 18.1. The van der Waals surface area contributed by atoms with Crippen LogP contribution in [0.1, 0.15) is 108 Å². The summed E-state index contributed by atoms with van der Waals surface area (Å²) in [5.74, 6) is -3.23. The van der Waals surface area contributed by atoms with Gasteiger partial charge in [-0.2, -0.15) is 0 Å². The minimum Gasteiger partial charge on any atom is -0.481 e. The molecule has 0 bridgehead atoms. The van der Waals surface area contributed by atoms with Gasteiger partial charge in [0.25, 0.3) is 0 Å². The number of hydrogen-bond acceptors (Lipinski definition) is 14. The number of carbonyl (C=O) groups excluding carboxylic acids is 1. The van der Waals surface area contributed by atoms with Crippen molar-refractivity contribution in [3.05, 3.63) is 0 Å². The number of aliphatic hydroxyl groups excluding tert-OH is 3. The van der Waals surface area contributed by atoms with Crippen LogP contribution < -0.4 is 0 Å². The van der Waals surface area contributed by atoms with Gasteiger partial charge < -0.3 is 68.9 Å². The maximum Gasteiger partial charge on any atom is 0.303 e. The van der Waals surface area contributed by atoms with Crippen molar-refractivity contribution in [2.24, 2.45) is 17.8 Å². The van der Waals surface area contributed by atoms with E-state index in [1.807, 2.05) is 39.6 Å². The summed E-state index contributed by atoms with van der Waals surface area (Å²) < 4.78 is 38.2. The van der Waals surface area contributed by atoms with Crippen LogP contribution in [-0.2, 0) is 38.0 Å². The number of rotatable bonds is 11. The summed E-state index contributed by atoms with van der Waals surface area (Å²) in [6, 6.07) is -1.28. The Morgan fingerprint density at radius 3 is 2.19 bits per heavy atom. The van der Waals surface area contributed by atoms with Crippen molar-refractivity contribution >= 4 is 11.9 Å². The zero-order valence-corrected chi connectivity index (χ0v) is 36.7. The van der Waals surface area contributed by atoms with Gasteiger partial charge in [-0.3, -0.25) is 9.59 Å². The molecular formula is C41H76N2O14. The Bertz CT molecular complexity index is 1290. The molecule has 3 fully saturated rings. The molecule has 3 aliphatic rings. The fourth-order valence-corrected chi connectivity index (χ4v) is 9.25. The van der Waals surface area contributed by atoms with Crippen molar-refractivity contribution in [3.63, 3.8) is 0 Å². The maximum atomic E-state index is 14.0. The number of likely N-dealkylation sites (N-methyl/N-ethyl adjacent to an activating group) is 2. The number of methoxy groups -OCH3 is 1. The third kappa shape index (κ3) is 11.9. The number of carboxylic acids is 1. The van der Waals surface area contributed by atoms with E-state index in [2.05, 4.69) is 0 Å². The zero-order chi connectivity index (χ0) is 43.4. The van der Waals surface area contributed by atoms with Gasteiger partial charge in [-0.15, -0.1) is 0 Å². The summed E-state index contributed by atoms with van der Waals surface area (Å²) in [7, 11) is 4.89. The quantitative estimate of drug-likeness (QED) is 0.176. The van der Waals surface area contributed by atoms with E-state index in [0.29, 0.717) is 25.8 Å². The molecule has 0 aromatic heterocycles. The fourth-order valence-electron chi connectivity index (χ4n) is 9.25. The number of carboxylic acid groups (broad SMARTS) is 1. The largest absolute Gasteiger partial charge is 0.481 e. The van der Waals surface area contributed by atoms with E-state index in [9.17, 15) is 40.2 Å². The van der Waals surface area contributed by atoms with Crippen LogP contribution in [0.15, 0.2) is 0 Å². The lowest BCUT2D eigenvalue weighted by molar-refractivity contribution is -0.319. The van der Waals surface area contributed by atoms with Crippen LogP contribution in [0, 0.1) is 17.8 Å². The highest BCUT2D eigenvalue weighted by molar-refractivity contribution is 5.78. The molecule has 16 heteroatoms. The van der Waals surface area contributed by atoms with E-state index in [-0.39, 0.29) is 37.9 Å². The Kier molecular flexibility index (Phi) is 17.8. The predicted molar refractivity (Wildman–Crippen MR) is 210 cm³/mol. The Hall–Kier alpha value is -1.54. The van der Waals surface area contributed by atoms with Crippen molar-refractivity contribution in [1.29, 1.82) is 0 Å². The first-order valence-electron chi connectivity index (χ1n) is 20.8. The van der Waals surface area contributed by atoms with Crippen LogP contribution in [-0.4, -0.2) is 177 Å². The molecule has 57 heavy (non-hydrogen) atoms. The van der Waals surface area contributed by atoms with Crippen LogP contribution in [0.4, 0.5) is 0 Å². The van der Waals surface area contributed by atoms with Gasteiger partial charge in [0.05, 0.1) is 54.4 Å². The number of ether oxygens (including phenoxy) is 6. The lowest BCUT2D eigenvalue weighted by Gasteiger charge is -2.49. The van der Waals surface area contributed by atoms with E-state index in [1.54, 1.807) is 41.7 Å². The highest BCUT2D eigenvalue weighted by atomic mass is 16.7. The van der Waals surface area contributed by atoms with Crippen LogP contribution in [0.5, 0.6) is 0 Å². The SMILES string of the molecule is CCC1OCC(C)C(OC2CC(C)(OC)C(O)C(C)O2)C(C)C(OC2OC(C)CC(N(C)CCCC(=O)O)C2O)C(C)(O)CC(C)C(=O)N(C)C(C)C(O)C1(C)O. The number of nitrogens with zero attached hydrogens (tertiary/aromatic N) is 2. The molecule has 3 aliphatic heterocycles. The van der Waals surface area contributed by atoms with Crippen LogP contribution in [0.3, 0.4) is 0 Å². The van der Waals surface area contributed by atoms with E-state index in [0.717, 1.165) is 0 Å². The van der Waals surface area contributed by atoms with Crippen LogP contribution >= 0.6 is 0 Å². The maximum absolute atomic E-state index is 14.0. The molecule has 0 radical (unpaired) electrons. The number of aliphatic carboxylic acids is 1. The lowest BCUT2D eigenvalue weighted by atomic mass is 9.77. The van der Waals surface area contributed by atoms with Gasteiger partial charge in [-0.25, -0.2) is 0 Å². The van der Waals surface area contributed by atoms with Gasteiger partial charge in [-0.05, 0) is 80.8 Å². The summed E-state index contributed by atoms with van der Waals surface area (Å²) >= 11 is 0. The van der Waals surface area contributed by atoms with Crippen molar-refractivity contribution in [2.75, 3.05) is 34.4 Å². The molecule has 6 N–H and O–H groups in total. The topological polar surface area (TPSA) is 217 Å². The average Bonchev–Trinajstić information content (AvgIpc) is 3.13. The van der Waals surface area contributed by atoms with Gasteiger partial charge in [0.15, 0.2) is 12.6 Å². The number of aliphatic hydroxyl groups is 5. The molecule has 0 aromatic carbocycles. The van der Waals surface area contributed by atoms with Crippen LogP contribution in [0.25, 0.3) is 0 Å². The molecule has 0 aliphatic carbocycles. The molecule has 18 unspecified atom stereocenters. The standard InChI is InChI=1S/C41H76N2O14/c1-14-29-41(10,51)34(47)26(6)43(12)37(49)22(2)19-39(8,50)36(57-38-32(46)28(18-24(4)54-38)42(11)17-15-16-30(44)45)25(5)33(23(3)21-53-29)56-31-20-40(9,52-13)35(48)27(7)55-31/h22-29,31-36,38,46-48,50-51H,14-21H2,1-13H3,(H,44,45). The predicted octanol–water partition coefficient (Wildman–Crippen LogP) is 2.14. The Morgan fingerprint density at radius 2 is 1.61 bits per heavy atom. The smallest absolute Gasteiger partial charge is 0.303 e. The van der Waals surface area contributed by atoms with E-state index < -0.39 is 108 Å². The molecule has 0 saturated carbocycles.